The molecule has 96 valence electrons. The van der Waals surface area contributed by atoms with Crippen molar-refractivity contribution in [3.8, 4) is 5.69 Å². The number of benzene rings is 1. The molecule has 0 aliphatic heterocycles. The summed E-state index contributed by atoms with van der Waals surface area (Å²) in [6.45, 7) is 0.281. The molecule has 3 nitrogen and oxygen atoms in total. The number of ether oxygens (including phenoxy) is 1. The van der Waals surface area contributed by atoms with Gasteiger partial charge in [-0.1, -0.05) is 23.7 Å². The van der Waals surface area contributed by atoms with Gasteiger partial charge in [0.15, 0.2) is 0 Å². The van der Waals surface area contributed by atoms with Crippen LogP contribution >= 0.6 is 23.2 Å². The second-order valence-electron chi connectivity index (χ2n) is 3.65. The van der Waals surface area contributed by atoms with Gasteiger partial charge in [0.1, 0.15) is 16.7 Å². The maximum Gasteiger partial charge on any atom is 0.148 e. The van der Waals surface area contributed by atoms with Crippen LogP contribution in [0.25, 0.3) is 5.69 Å². The van der Waals surface area contributed by atoms with E-state index < -0.39 is 5.82 Å². The van der Waals surface area contributed by atoms with Crippen LogP contribution in [0.15, 0.2) is 24.3 Å². The van der Waals surface area contributed by atoms with Crippen molar-refractivity contribution in [2.75, 3.05) is 7.11 Å². The summed E-state index contributed by atoms with van der Waals surface area (Å²) < 4.78 is 20.1. The Morgan fingerprint density at radius 2 is 2.11 bits per heavy atom. The Hall–Kier alpha value is -1.10. The highest BCUT2D eigenvalue weighted by molar-refractivity contribution is 6.31. The molecule has 0 bridgehead atoms. The van der Waals surface area contributed by atoms with Crippen molar-refractivity contribution in [3.63, 3.8) is 0 Å². The van der Waals surface area contributed by atoms with Crippen LogP contribution in [0.1, 0.15) is 11.3 Å². The predicted molar refractivity (Wildman–Crippen MR) is 68.8 cm³/mol. The molecule has 1 heterocycles. The van der Waals surface area contributed by atoms with E-state index in [-0.39, 0.29) is 18.2 Å². The van der Waals surface area contributed by atoms with Crippen LogP contribution in [0.5, 0.6) is 0 Å². The van der Waals surface area contributed by atoms with Crippen LogP contribution in [-0.2, 0) is 17.2 Å². The molecule has 0 aliphatic carbocycles. The largest absolute Gasteiger partial charge is 0.378 e. The second-order valence-corrected chi connectivity index (χ2v) is 4.27. The van der Waals surface area contributed by atoms with Gasteiger partial charge >= 0.3 is 0 Å². The van der Waals surface area contributed by atoms with E-state index in [9.17, 15) is 4.39 Å². The molecule has 0 fully saturated rings. The van der Waals surface area contributed by atoms with Crippen molar-refractivity contribution >= 4 is 23.2 Å². The molecule has 0 saturated heterocycles. The third kappa shape index (κ3) is 2.36. The molecule has 18 heavy (non-hydrogen) atoms. The van der Waals surface area contributed by atoms with Crippen LogP contribution < -0.4 is 0 Å². The summed E-state index contributed by atoms with van der Waals surface area (Å²) in [5.74, 6) is -0.196. The van der Waals surface area contributed by atoms with E-state index in [4.69, 9.17) is 27.9 Å². The number of alkyl halides is 1. The fourth-order valence-electron chi connectivity index (χ4n) is 1.64. The molecule has 0 unspecified atom stereocenters. The van der Waals surface area contributed by atoms with E-state index in [1.54, 1.807) is 25.3 Å². The van der Waals surface area contributed by atoms with E-state index >= 15 is 0 Å². The summed E-state index contributed by atoms with van der Waals surface area (Å²) >= 11 is 12.0. The highest BCUT2D eigenvalue weighted by Gasteiger charge is 2.18. The van der Waals surface area contributed by atoms with E-state index in [1.165, 1.54) is 10.7 Å². The Balaban J connectivity index is 2.55. The molecule has 2 aromatic rings. The lowest BCUT2D eigenvalue weighted by atomic mass is 10.3. The summed E-state index contributed by atoms with van der Waals surface area (Å²) in [6.07, 6.45) is 0. The number of para-hydroxylation sites is 1. The van der Waals surface area contributed by atoms with Crippen molar-refractivity contribution in [2.24, 2.45) is 0 Å². The van der Waals surface area contributed by atoms with E-state index in [1.807, 2.05) is 0 Å². The first-order valence-electron chi connectivity index (χ1n) is 5.25. The predicted octanol–water partition coefficient (Wildman–Crippen LogP) is 3.55. The SMILES string of the molecule is COCc1nn(-c2ccccc2F)c(Cl)c1CCl. The third-order valence-electron chi connectivity index (χ3n) is 2.50. The Labute approximate surface area is 114 Å². The molecule has 2 rings (SSSR count). The standard InChI is InChI=1S/C12H11Cl2FN2O/c1-18-7-10-8(6-13)12(14)17(16-10)11-5-3-2-4-9(11)15/h2-5H,6-7H2,1H3. The number of nitrogens with zero attached hydrogens (tertiary/aromatic N) is 2. The first-order chi connectivity index (χ1) is 8.69. The Morgan fingerprint density at radius 3 is 2.72 bits per heavy atom. The zero-order valence-electron chi connectivity index (χ0n) is 9.66. The number of rotatable bonds is 4. The number of hydrogen-bond donors (Lipinski definition) is 0. The number of aromatic nitrogens is 2. The van der Waals surface area contributed by atoms with E-state index in [0.29, 0.717) is 16.4 Å². The summed E-state index contributed by atoms with van der Waals surface area (Å²) in [6, 6.07) is 6.27. The smallest absolute Gasteiger partial charge is 0.148 e. The van der Waals surface area contributed by atoms with Crippen molar-refractivity contribution in [3.05, 3.63) is 46.5 Å². The molecule has 1 aromatic carbocycles. The molecule has 0 N–H and O–H groups in total. The summed E-state index contributed by atoms with van der Waals surface area (Å²) in [5.41, 5.74) is 1.56. The van der Waals surface area contributed by atoms with Gasteiger partial charge in [-0.3, -0.25) is 0 Å². The topological polar surface area (TPSA) is 27.1 Å². The minimum Gasteiger partial charge on any atom is -0.378 e. The summed E-state index contributed by atoms with van der Waals surface area (Å²) in [5, 5.41) is 4.54. The van der Waals surface area contributed by atoms with Gasteiger partial charge < -0.3 is 4.74 Å². The molecule has 0 radical (unpaired) electrons. The fraction of sp³-hybridized carbons (Fsp3) is 0.250. The first-order valence-corrected chi connectivity index (χ1v) is 6.16. The van der Waals surface area contributed by atoms with Crippen LogP contribution in [0.2, 0.25) is 5.15 Å². The van der Waals surface area contributed by atoms with Crippen LogP contribution in [-0.4, -0.2) is 16.9 Å². The lowest BCUT2D eigenvalue weighted by Gasteiger charge is -2.04. The van der Waals surface area contributed by atoms with Gasteiger partial charge in [0.2, 0.25) is 0 Å². The third-order valence-corrected chi connectivity index (χ3v) is 3.15. The van der Waals surface area contributed by atoms with Crippen molar-refractivity contribution in [1.29, 1.82) is 0 Å². The van der Waals surface area contributed by atoms with E-state index in [2.05, 4.69) is 5.10 Å². The molecule has 0 atom stereocenters. The Bertz CT molecular complexity index is 557. The summed E-state index contributed by atoms with van der Waals surface area (Å²) in [7, 11) is 1.55. The van der Waals surface area contributed by atoms with Crippen LogP contribution in [0.3, 0.4) is 0 Å². The lowest BCUT2D eigenvalue weighted by Crippen LogP contribution is -2.00. The van der Waals surface area contributed by atoms with Gasteiger partial charge in [-0.2, -0.15) is 5.10 Å². The molecule has 0 saturated carbocycles. The monoisotopic (exact) mass is 288 g/mol. The average molecular weight is 289 g/mol. The van der Waals surface area contributed by atoms with Crippen LogP contribution in [0, 0.1) is 5.82 Å². The molecular weight excluding hydrogens is 278 g/mol. The number of halogens is 3. The minimum absolute atomic E-state index is 0.200. The first kappa shape index (κ1) is 13.3. The quantitative estimate of drug-likeness (QED) is 0.805. The zero-order chi connectivity index (χ0) is 13.1. The van der Waals surface area contributed by atoms with E-state index in [0.717, 1.165) is 0 Å². The van der Waals surface area contributed by atoms with Crippen molar-refractivity contribution < 1.29 is 9.13 Å². The maximum absolute atomic E-state index is 13.7. The Kier molecular flexibility index (Phi) is 4.22. The van der Waals surface area contributed by atoms with Gasteiger partial charge in [0, 0.05) is 12.7 Å². The van der Waals surface area contributed by atoms with Crippen LogP contribution in [0.4, 0.5) is 4.39 Å². The van der Waals surface area contributed by atoms with Crippen molar-refractivity contribution in [2.45, 2.75) is 12.5 Å². The Morgan fingerprint density at radius 1 is 1.39 bits per heavy atom. The molecule has 0 spiro atoms. The molecular formula is C12H11Cl2FN2O. The highest BCUT2D eigenvalue weighted by atomic mass is 35.5. The van der Waals surface area contributed by atoms with Crippen molar-refractivity contribution in [1.82, 2.24) is 9.78 Å². The molecule has 6 heteroatoms. The van der Waals surface area contributed by atoms with Gasteiger partial charge in [-0.15, -0.1) is 11.6 Å². The number of hydrogen-bond acceptors (Lipinski definition) is 2. The lowest BCUT2D eigenvalue weighted by molar-refractivity contribution is 0.180. The highest BCUT2D eigenvalue weighted by Crippen LogP contribution is 2.26. The fourth-order valence-corrected chi connectivity index (χ4v) is 2.29. The summed E-state index contributed by atoms with van der Waals surface area (Å²) in [4.78, 5) is 0. The minimum atomic E-state index is -0.396. The molecule has 0 amide bonds. The average Bonchev–Trinajstić information content (AvgIpc) is 2.67. The molecule has 1 aromatic heterocycles. The zero-order valence-corrected chi connectivity index (χ0v) is 11.2. The molecule has 0 aliphatic rings. The maximum atomic E-state index is 13.7. The van der Waals surface area contributed by atoms with Gasteiger partial charge in [0.05, 0.1) is 18.2 Å². The second kappa shape index (κ2) is 5.69. The normalized spacial score (nSPS) is 10.9. The van der Waals surface area contributed by atoms with Gasteiger partial charge in [0.25, 0.3) is 0 Å². The number of methoxy groups -OCH3 is 1. The van der Waals surface area contributed by atoms with Gasteiger partial charge in [-0.25, -0.2) is 9.07 Å². The van der Waals surface area contributed by atoms with Gasteiger partial charge in [-0.05, 0) is 12.1 Å².